The number of nitrogens with one attached hydrogen (secondary N) is 1. The van der Waals surface area contributed by atoms with E-state index in [1.54, 1.807) is 7.05 Å². The highest BCUT2D eigenvalue weighted by molar-refractivity contribution is 5.77. The average molecular weight is 197 g/mol. The molecule has 2 saturated heterocycles. The molecule has 0 spiro atoms. The van der Waals surface area contributed by atoms with Crippen molar-refractivity contribution in [1.82, 2.24) is 15.1 Å². The van der Waals surface area contributed by atoms with E-state index in [2.05, 4.69) is 22.2 Å². The Bertz CT molecular complexity index is 217. The number of hydrogen-bond acceptors (Lipinski definition) is 3. The molecular formula is C10H19N3O. The molecule has 2 unspecified atom stereocenters. The van der Waals surface area contributed by atoms with Crippen molar-refractivity contribution in [1.29, 1.82) is 0 Å². The summed E-state index contributed by atoms with van der Waals surface area (Å²) in [6.07, 6.45) is 0. The summed E-state index contributed by atoms with van der Waals surface area (Å²) in [6, 6.07) is 0. The maximum Gasteiger partial charge on any atom is 0.233 e. The van der Waals surface area contributed by atoms with E-state index in [0.29, 0.717) is 6.54 Å². The molecule has 2 heterocycles. The predicted molar refractivity (Wildman–Crippen MR) is 55.0 cm³/mol. The number of likely N-dealkylation sites (tertiary alicyclic amines) is 2. The largest absolute Gasteiger partial charge is 0.358 e. The third kappa shape index (κ3) is 1.91. The minimum Gasteiger partial charge on any atom is -0.358 e. The minimum atomic E-state index is 0.137. The van der Waals surface area contributed by atoms with E-state index in [1.807, 2.05) is 0 Å². The molecule has 4 heteroatoms. The molecule has 80 valence electrons. The highest BCUT2D eigenvalue weighted by atomic mass is 16.1. The van der Waals surface area contributed by atoms with Crippen molar-refractivity contribution in [2.75, 3.05) is 46.8 Å². The van der Waals surface area contributed by atoms with Crippen molar-refractivity contribution >= 4 is 5.91 Å². The topological polar surface area (TPSA) is 35.6 Å². The van der Waals surface area contributed by atoms with Crippen LogP contribution in [0.1, 0.15) is 0 Å². The average Bonchev–Trinajstić information content (AvgIpc) is 2.60. The number of likely N-dealkylation sites (N-methyl/N-ethyl adjacent to an activating group) is 1. The van der Waals surface area contributed by atoms with E-state index in [1.165, 1.54) is 13.1 Å². The van der Waals surface area contributed by atoms with Gasteiger partial charge in [-0.25, -0.2) is 0 Å². The zero-order valence-electron chi connectivity index (χ0n) is 8.99. The van der Waals surface area contributed by atoms with Gasteiger partial charge in [0, 0.05) is 33.2 Å². The molecular weight excluding hydrogens is 178 g/mol. The Balaban J connectivity index is 1.82. The van der Waals surface area contributed by atoms with Crippen molar-refractivity contribution in [2.24, 2.45) is 11.8 Å². The first-order valence-corrected chi connectivity index (χ1v) is 5.30. The van der Waals surface area contributed by atoms with E-state index >= 15 is 0 Å². The smallest absolute Gasteiger partial charge is 0.233 e. The normalized spacial score (nSPS) is 33.3. The summed E-state index contributed by atoms with van der Waals surface area (Å²) in [5.41, 5.74) is 0. The van der Waals surface area contributed by atoms with E-state index in [0.717, 1.165) is 24.9 Å². The number of rotatable bonds is 2. The first-order chi connectivity index (χ1) is 6.69. The standard InChI is InChI=1S/C10H19N3O/c1-11-10(14)7-13-5-8-3-12(2)4-9(8)6-13/h8-9H,3-7H2,1-2H3,(H,11,14). The van der Waals surface area contributed by atoms with E-state index in [-0.39, 0.29) is 5.91 Å². The van der Waals surface area contributed by atoms with Crippen molar-refractivity contribution in [3.63, 3.8) is 0 Å². The van der Waals surface area contributed by atoms with Crippen molar-refractivity contribution in [2.45, 2.75) is 0 Å². The van der Waals surface area contributed by atoms with Crippen LogP contribution in [0.3, 0.4) is 0 Å². The summed E-state index contributed by atoms with van der Waals surface area (Å²) in [5.74, 6) is 1.73. The van der Waals surface area contributed by atoms with Crippen LogP contribution >= 0.6 is 0 Å². The van der Waals surface area contributed by atoms with Gasteiger partial charge in [-0.15, -0.1) is 0 Å². The van der Waals surface area contributed by atoms with Gasteiger partial charge in [-0.3, -0.25) is 9.69 Å². The second-order valence-electron chi connectivity index (χ2n) is 4.61. The fraction of sp³-hybridized carbons (Fsp3) is 0.900. The molecule has 1 amide bonds. The Labute approximate surface area is 85.2 Å². The second-order valence-corrected chi connectivity index (χ2v) is 4.61. The van der Waals surface area contributed by atoms with Gasteiger partial charge in [-0.05, 0) is 18.9 Å². The van der Waals surface area contributed by atoms with Gasteiger partial charge in [0.2, 0.25) is 5.91 Å². The van der Waals surface area contributed by atoms with E-state index in [9.17, 15) is 4.79 Å². The lowest BCUT2D eigenvalue weighted by atomic mass is 10.0. The van der Waals surface area contributed by atoms with Gasteiger partial charge < -0.3 is 10.2 Å². The van der Waals surface area contributed by atoms with Gasteiger partial charge in [0.15, 0.2) is 0 Å². The molecule has 0 aromatic rings. The molecule has 2 atom stereocenters. The monoisotopic (exact) mass is 197 g/mol. The minimum absolute atomic E-state index is 0.137. The molecule has 0 aromatic heterocycles. The summed E-state index contributed by atoms with van der Waals surface area (Å²) in [6.45, 7) is 5.18. The highest BCUT2D eigenvalue weighted by Crippen LogP contribution is 2.29. The van der Waals surface area contributed by atoms with Gasteiger partial charge >= 0.3 is 0 Å². The van der Waals surface area contributed by atoms with Crippen LogP contribution in [0, 0.1) is 11.8 Å². The van der Waals surface area contributed by atoms with E-state index < -0.39 is 0 Å². The maximum absolute atomic E-state index is 11.2. The number of carbonyl (C=O) groups excluding carboxylic acids is 1. The molecule has 0 aliphatic carbocycles. The fourth-order valence-electron chi connectivity index (χ4n) is 2.74. The molecule has 0 aromatic carbocycles. The van der Waals surface area contributed by atoms with Crippen LogP contribution in [0.15, 0.2) is 0 Å². The van der Waals surface area contributed by atoms with Gasteiger partial charge in [0.25, 0.3) is 0 Å². The van der Waals surface area contributed by atoms with Crippen LogP contribution in [0.25, 0.3) is 0 Å². The number of amides is 1. The van der Waals surface area contributed by atoms with Crippen molar-refractivity contribution < 1.29 is 4.79 Å². The first-order valence-electron chi connectivity index (χ1n) is 5.30. The summed E-state index contributed by atoms with van der Waals surface area (Å²) in [7, 11) is 3.88. The van der Waals surface area contributed by atoms with Crippen LogP contribution in [0.2, 0.25) is 0 Å². The van der Waals surface area contributed by atoms with Crippen molar-refractivity contribution in [3.8, 4) is 0 Å². The van der Waals surface area contributed by atoms with Crippen LogP contribution in [-0.2, 0) is 4.79 Å². The molecule has 14 heavy (non-hydrogen) atoms. The first kappa shape index (κ1) is 9.93. The Morgan fingerprint density at radius 2 is 1.86 bits per heavy atom. The molecule has 2 rings (SSSR count). The maximum atomic E-state index is 11.2. The van der Waals surface area contributed by atoms with Crippen LogP contribution < -0.4 is 5.32 Å². The summed E-state index contributed by atoms with van der Waals surface area (Å²) < 4.78 is 0. The molecule has 0 saturated carbocycles. The SMILES string of the molecule is CNC(=O)CN1CC2CN(C)CC2C1. The molecule has 2 aliphatic rings. The van der Waals surface area contributed by atoms with Gasteiger partial charge in [-0.1, -0.05) is 0 Å². The van der Waals surface area contributed by atoms with Crippen LogP contribution in [-0.4, -0.2) is 62.5 Å². The van der Waals surface area contributed by atoms with Gasteiger partial charge in [0.1, 0.15) is 0 Å². The number of fused-ring (bicyclic) bond motifs is 1. The molecule has 1 N–H and O–H groups in total. The second kappa shape index (κ2) is 3.87. The van der Waals surface area contributed by atoms with E-state index in [4.69, 9.17) is 0 Å². The van der Waals surface area contributed by atoms with Crippen LogP contribution in [0.5, 0.6) is 0 Å². The van der Waals surface area contributed by atoms with Crippen molar-refractivity contribution in [3.05, 3.63) is 0 Å². The third-order valence-corrected chi connectivity index (χ3v) is 3.39. The lowest BCUT2D eigenvalue weighted by Gasteiger charge is -2.17. The van der Waals surface area contributed by atoms with Crippen LogP contribution in [0.4, 0.5) is 0 Å². The number of carbonyl (C=O) groups is 1. The lowest BCUT2D eigenvalue weighted by molar-refractivity contribution is -0.121. The lowest BCUT2D eigenvalue weighted by Crippen LogP contribution is -2.36. The quantitative estimate of drug-likeness (QED) is 0.631. The fourth-order valence-corrected chi connectivity index (χ4v) is 2.74. The zero-order valence-corrected chi connectivity index (χ0v) is 8.99. The Hall–Kier alpha value is -0.610. The molecule has 4 nitrogen and oxygen atoms in total. The van der Waals surface area contributed by atoms with Gasteiger partial charge in [-0.2, -0.15) is 0 Å². The summed E-state index contributed by atoms with van der Waals surface area (Å²) in [5, 5.41) is 2.68. The summed E-state index contributed by atoms with van der Waals surface area (Å²) in [4.78, 5) is 15.9. The number of hydrogen-bond donors (Lipinski definition) is 1. The number of nitrogens with zero attached hydrogens (tertiary/aromatic N) is 2. The Morgan fingerprint density at radius 1 is 1.29 bits per heavy atom. The molecule has 2 aliphatic heterocycles. The Kier molecular flexibility index (Phi) is 2.74. The Morgan fingerprint density at radius 3 is 2.36 bits per heavy atom. The zero-order chi connectivity index (χ0) is 10.1. The third-order valence-electron chi connectivity index (χ3n) is 3.39. The molecule has 0 radical (unpaired) electrons. The molecule has 0 bridgehead atoms. The summed E-state index contributed by atoms with van der Waals surface area (Å²) >= 11 is 0. The highest BCUT2D eigenvalue weighted by Gasteiger charge is 2.38. The predicted octanol–water partition coefficient (Wildman–Crippen LogP) is -0.774. The van der Waals surface area contributed by atoms with Gasteiger partial charge in [0.05, 0.1) is 6.54 Å². The molecule has 2 fully saturated rings.